The predicted molar refractivity (Wildman–Crippen MR) is 96.8 cm³/mol. The van der Waals surface area contributed by atoms with Crippen LogP contribution in [-0.2, 0) is 20.7 Å². The minimum Gasteiger partial charge on any atom is -0.508 e. The van der Waals surface area contributed by atoms with E-state index in [-0.39, 0.29) is 29.5 Å². The number of esters is 1. The van der Waals surface area contributed by atoms with E-state index in [2.05, 4.69) is 10.3 Å². The van der Waals surface area contributed by atoms with Crippen molar-refractivity contribution in [3.63, 3.8) is 0 Å². The molecular formula is C20H20N2O5. The second-order valence-electron chi connectivity index (χ2n) is 6.71. The van der Waals surface area contributed by atoms with Crippen molar-refractivity contribution in [1.82, 2.24) is 4.98 Å². The molecule has 7 heteroatoms. The molecule has 2 aromatic rings. The van der Waals surface area contributed by atoms with E-state index in [0.717, 1.165) is 5.56 Å². The quantitative estimate of drug-likeness (QED) is 0.787. The van der Waals surface area contributed by atoms with Gasteiger partial charge in [-0.15, -0.1) is 0 Å². The second-order valence-corrected chi connectivity index (χ2v) is 6.71. The zero-order valence-corrected chi connectivity index (χ0v) is 14.9. The van der Waals surface area contributed by atoms with Crippen molar-refractivity contribution in [2.45, 2.75) is 32.1 Å². The van der Waals surface area contributed by atoms with Crippen LogP contribution in [0.25, 0.3) is 0 Å². The summed E-state index contributed by atoms with van der Waals surface area (Å²) < 4.78 is 11.1. The fourth-order valence-corrected chi connectivity index (χ4v) is 3.42. The number of hydrogen-bond acceptors (Lipinski definition) is 6. The second kappa shape index (κ2) is 6.90. The number of rotatable bonds is 5. The van der Waals surface area contributed by atoms with E-state index >= 15 is 0 Å². The first kappa shape index (κ1) is 17.3. The number of carbonyl (C=O) groups is 2. The molecule has 0 radical (unpaired) electrons. The van der Waals surface area contributed by atoms with Crippen LogP contribution in [0.1, 0.15) is 36.8 Å². The third kappa shape index (κ3) is 3.45. The Morgan fingerprint density at radius 2 is 2.19 bits per heavy atom. The lowest BCUT2D eigenvalue weighted by molar-refractivity contribution is -0.144. The Hall–Kier alpha value is -3.09. The Labute approximate surface area is 156 Å². The number of phenols is 1. The van der Waals surface area contributed by atoms with Gasteiger partial charge in [-0.2, -0.15) is 0 Å². The summed E-state index contributed by atoms with van der Waals surface area (Å²) in [6.45, 7) is 2.12. The highest BCUT2D eigenvalue weighted by Crippen LogP contribution is 2.51. The molecule has 1 aromatic carbocycles. The van der Waals surface area contributed by atoms with Gasteiger partial charge < -0.3 is 19.9 Å². The molecule has 1 amide bonds. The molecule has 1 aromatic heterocycles. The number of carbonyl (C=O) groups excluding carboxylic acids is 2. The number of nitrogens with zero attached hydrogens (tertiary/aromatic N) is 1. The molecule has 27 heavy (non-hydrogen) atoms. The van der Waals surface area contributed by atoms with Crippen molar-refractivity contribution in [2.75, 3.05) is 11.9 Å². The molecule has 0 unspecified atom stereocenters. The first-order valence-electron chi connectivity index (χ1n) is 9.02. The molecule has 2 heterocycles. The molecule has 140 valence electrons. The summed E-state index contributed by atoms with van der Waals surface area (Å²) in [4.78, 5) is 27.6. The molecule has 1 aliphatic heterocycles. The van der Waals surface area contributed by atoms with Gasteiger partial charge in [0.05, 0.1) is 12.5 Å². The van der Waals surface area contributed by atoms with Gasteiger partial charge in [0.2, 0.25) is 5.91 Å². The van der Waals surface area contributed by atoms with Crippen LogP contribution in [0.15, 0.2) is 30.5 Å². The Morgan fingerprint density at radius 3 is 3.00 bits per heavy atom. The van der Waals surface area contributed by atoms with Crippen LogP contribution in [0, 0.1) is 5.92 Å². The third-order valence-electron chi connectivity index (χ3n) is 4.88. The highest BCUT2D eigenvalue weighted by molar-refractivity contribution is 5.93. The normalized spacial score (nSPS) is 20.4. The molecule has 1 fully saturated rings. The number of phenolic OH excluding ortho intramolecular Hbond substituents is 1. The first-order valence-corrected chi connectivity index (χ1v) is 9.02. The van der Waals surface area contributed by atoms with Crippen LogP contribution < -0.4 is 10.1 Å². The summed E-state index contributed by atoms with van der Waals surface area (Å²) in [5.74, 6) is 1.28. The fourth-order valence-electron chi connectivity index (χ4n) is 3.42. The number of aromatic nitrogens is 1. The summed E-state index contributed by atoms with van der Waals surface area (Å²) in [5, 5.41) is 12.9. The number of anilines is 1. The van der Waals surface area contributed by atoms with Gasteiger partial charge in [0.25, 0.3) is 0 Å². The average Bonchev–Trinajstić information content (AvgIpc) is 3.44. The smallest absolute Gasteiger partial charge is 0.309 e. The molecule has 1 saturated carbocycles. The first-order chi connectivity index (χ1) is 13.1. The minimum absolute atomic E-state index is 0.0572. The highest BCUT2D eigenvalue weighted by atomic mass is 16.5. The van der Waals surface area contributed by atoms with Gasteiger partial charge >= 0.3 is 5.97 Å². The van der Waals surface area contributed by atoms with Crippen LogP contribution in [0.5, 0.6) is 17.2 Å². The van der Waals surface area contributed by atoms with Crippen LogP contribution in [0.3, 0.4) is 0 Å². The van der Waals surface area contributed by atoms with Gasteiger partial charge in [0.15, 0.2) is 0 Å². The molecule has 0 bridgehead atoms. The fraction of sp³-hybridized carbons (Fsp3) is 0.350. The maximum atomic E-state index is 11.9. The van der Waals surface area contributed by atoms with Crippen molar-refractivity contribution in [3.8, 4) is 17.2 Å². The van der Waals surface area contributed by atoms with Gasteiger partial charge in [0.1, 0.15) is 23.1 Å². The molecule has 0 saturated heterocycles. The van der Waals surface area contributed by atoms with Gasteiger partial charge in [0, 0.05) is 29.7 Å². The highest BCUT2D eigenvalue weighted by Gasteiger charge is 2.46. The van der Waals surface area contributed by atoms with Crippen LogP contribution in [0.2, 0.25) is 0 Å². The zero-order chi connectivity index (χ0) is 19.0. The molecule has 7 nitrogen and oxygen atoms in total. The van der Waals surface area contributed by atoms with Crippen LogP contribution in [0.4, 0.5) is 5.82 Å². The summed E-state index contributed by atoms with van der Waals surface area (Å²) in [5.41, 5.74) is 1.53. The number of benzene rings is 1. The summed E-state index contributed by atoms with van der Waals surface area (Å²) >= 11 is 0. The Bertz CT molecular complexity index is 911. The van der Waals surface area contributed by atoms with Gasteiger partial charge in [-0.3, -0.25) is 9.59 Å². The van der Waals surface area contributed by atoms with Crippen molar-refractivity contribution in [3.05, 3.63) is 41.6 Å². The lowest BCUT2D eigenvalue weighted by atomic mass is 10.1. The molecule has 2 aliphatic rings. The number of aromatic hydroxyl groups is 1. The minimum atomic E-state index is -0.229. The summed E-state index contributed by atoms with van der Waals surface area (Å²) in [6.07, 6.45) is 3.19. The van der Waals surface area contributed by atoms with Gasteiger partial charge in [-0.25, -0.2) is 4.98 Å². The molecule has 1 aliphatic carbocycles. The van der Waals surface area contributed by atoms with E-state index in [1.54, 1.807) is 37.4 Å². The zero-order valence-electron chi connectivity index (χ0n) is 14.9. The van der Waals surface area contributed by atoms with E-state index < -0.39 is 0 Å². The summed E-state index contributed by atoms with van der Waals surface area (Å²) in [7, 11) is 0. The van der Waals surface area contributed by atoms with Crippen molar-refractivity contribution < 1.29 is 24.2 Å². The molecule has 4 rings (SSSR count). The Morgan fingerprint density at radius 1 is 1.33 bits per heavy atom. The number of hydrogen-bond donors (Lipinski definition) is 2. The summed E-state index contributed by atoms with van der Waals surface area (Å²) in [6, 6.07) is 6.75. The number of pyridine rings is 1. The monoisotopic (exact) mass is 368 g/mol. The Kier molecular flexibility index (Phi) is 4.43. The largest absolute Gasteiger partial charge is 0.508 e. The number of amides is 1. The third-order valence-corrected chi connectivity index (χ3v) is 4.88. The van der Waals surface area contributed by atoms with E-state index in [4.69, 9.17) is 9.47 Å². The number of ether oxygens (including phenoxy) is 2. The molecule has 0 spiro atoms. The maximum absolute atomic E-state index is 11.9. The molecule has 2 atom stereocenters. The van der Waals surface area contributed by atoms with Crippen molar-refractivity contribution in [2.24, 2.45) is 5.92 Å². The Balaban J connectivity index is 1.56. The number of nitrogens with one attached hydrogen (secondary N) is 1. The maximum Gasteiger partial charge on any atom is 0.309 e. The lowest BCUT2D eigenvalue weighted by Crippen LogP contribution is -2.20. The predicted octanol–water partition coefficient (Wildman–Crippen LogP) is 3.13. The molecular weight excluding hydrogens is 348 g/mol. The van der Waals surface area contributed by atoms with Crippen LogP contribution in [-0.4, -0.2) is 28.6 Å². The SMILES string of the molecule is CCOC(=O)[C@H]1C[C@@H]1c1cc(Oc2ccnc3c2CCC(=O)N3)ccc1O. The van der Waals surface area contributed by atoms with Crippen molar-refractivity contribution >= 4 is 17.7 Å². The van der Waals surface area contributed by atoms with E-state index in [0.29, 0.717) is 48.7 Å². The average molecular weight is 368 g/mol. The lowest BCUT2D eigenvalue weighted by Gasteiger charge is -2.19. The van der Waals surface area contributed by atoms with E-state index in [1.807, 2.05) is 0 Å². The number of fused-ring (bicyclic) bond motifs is 1. The van der Waals surface area contributed by atoms with Crippen LogP contribution >= 0.6 is 0 Å². The van der Waals surface area contributed by atoms with E-state index in [1.165, 1.54) is 0 Å². The topological polar surface area (TPSA) is 97.8 Å². The van der Waals surface area contributed by atoms with E-state index in [9.17, 15) is 14.7 Å². The standard InChI is InChI=1S/C20H20N2O5/c1-2-26-20(25)15-10-13(15)14-9-11(3-5-16(14)23)27-17-7-8-21-19-12(17)4-6-18(24)22-19/h3,5,7-9,13,15,23H,2,4,6,10H2,1H3,(H,21,22,24)/t13-,15+/m1/s1. The van der Waals surface area contributed by atoms with Gasteiger partial charge in [-0.1, -0.05) is 0 Å². The molecule has 2 N–H and O–H groups in total. The van der Waals surface area contributed by atoms with Gasteiger partial charge in [-0.05, 0) is 44.0 Å². The van der Waals surface area contributed by atoms with Crippen molar-refractivity contribution in [1.29, 1.82) is 0 Å².